The number of benzene rings is 1. The quantitative estimate of drug-likeness (QED) is 0.781. The van der Waals surface area contributed by atoms with E-state index in [1.807, 2.05) is 0 Å². The molecule has 1 atom stereocenters. The third kappa shape index (κ3) is 4.46. The Balaban J connectivity index is 1.79. The van der Waals surface area contributed by atoms with Gasteiger partial charge in [-0.15, -0.1) is 0 Å². The van der Waals surface area contributed by atoms with Crippen LogP contribution in [0.4, 0.5) is 0 Å². The summed E-state index contributed by atoms with van der Waals surface area (Å²) in [4.78, 5) is 14.4. The third-order valence-electron chi connectivity index (χ3n) is 4.07. The van der Waals surface area contributed by atoms with E-state index < -0.39 is 0 Å². The van der Waals surface area contributed by atoms with E-state index in [1.165, 1.54) is 18.4 Å². The van der Waals surface area contributed by atoms with Crippen LogP contribution in [0.3, 0.4) is 0 Å². The van der Waals surface area contributed by atoms with Crippen LogP contribution in [0.1, 0.15) is 38.2 Å². The summed E-state index contributed by atoms with van der Waals surface area (Å²) in [6.07, 6.45) is 5.30. The second kappa shape index (κ2) is 7.44. The van der Waals surface area contributed by atoms with E-state index in [0.29, 0.717) is 11.7 Å². The average Bonchev–Trinajstić information content (AvgIpc) is 2.46. The summed E-state index contributed by atoms with van der Waals surface area (Å²) in [6, 6.07) is 10.6. The number of carbonyl (C=O) groups is 1. The molecular weight excluding hydrogens is 234 g/mol. The number of unbranched alkanes of at least 4 members (excludes halogenated alkanes) is 1. The number of hydrogen-bond acceptors (Lipinski definition) is 2. The zero-order valence-electron chi connectivity index (χ0n) is 12.0. The second-order valence-electron chi connectivity index (χ2n) is 5.59. The molecule has 0 aromatic heterocycles. The molecule has 1 aliphatic heterocycles. The van der Waals surface area contributed by atoms with E-state index in [-0.39, 0.29) is 0 Å². The van der Waals surface area contributed by atoms with Gasteiger partial charge in [0.1, 0.15) is 5.78 Å². The van der Waals surface area contributed by atoms with E-state index in [4.69, 9.17) is 0 Å². The van der Waals surface area contributed by atoms with E-state index in [0.717, 1.165) is 38.9 Å². The van der Waals surface area contributed by atoms with Crippen molar-refractivity contribution in [1.29, 1.82) is 0 Å². The van der Waals surface area contributed by atoms with E-state index >= 15 is 0 Å². The van der Waals surface area contributed by atoms with Gasteiger partial charge in [-0.2, -0.15) is 0 Å². The first-order valence-corrected chi connectivity index (χ1v) is 7.58. The van der Waals surface area contributed by atoms with Crippen LogP contribution in [0.5, 0.6) is 0 Å². The van der Waals surface area contributed by atoms with Gasteiger partial charge in [0.2, 0.25) is 0 Å². The molecule has 0 saturated carbocycles. The molecule has 1 heterocycles. The first-order chi connectivity index (χ1) is 9.29. The highest BCUT2D eigenvalue weighted by Crippen LogP contribution is 2.19. The smallest absolute Gasteiger partial charge is 0.138 e. The van der Waals surface area contributed by atoms with Gasteiger partial charge in [-0.25, -0.2) is 0 Å². The SMILES string of the molecule is CCCC[C@H]1CN(CCc2ccccc2)CCC1=O. The zero-order valence-corrected chi connectivity index (χ0v) is 12.0. The maximum absolute atomic E-state index is 11.9. The molecule has 1 fully saturated rings. The minimum atomic E-state index is 0.296. The Kier molecular flexibility index (Phi) is 5.59. The van der Waals surface area contributed by atoms with E-state index in [1.54, 1.807) is 0 Å². The molecule has 2 heteroatoms. The number of nitrogens with zero attached hydrogens (tertiary/aromatic N) is 1. The number of hydrogen-bond donors (Lipinski definition) is 0. The van der Waals surface area contributed by atoms with Gasteiger partial charge in [-0.05, 0) is 18.4 Å². The van der Waals surface area contributed by atoms with Crippen LogP contribution in [0, 0.1) is 5.92 Å². The van der Waals surface area contributed by atoms with Crippen LogP contribution in [0.25, 0.3) is 0 Å². The van der Waals surface area contributed by atoms with Crippen LogP contribution in [0.15, 0.2) is 30.3 Å². The molecule has 19 heavy (non-hydrogen) atoms. The lowest BCUT2D eigenvalue weighted by Crippen LogP contribution is -2.41. The average molecular weight is 259 g/mol. The molecule has 0 bridgehead atoms. The van der Waals surface area contributed by atoms with Crippen molar-refractivity contribution in [3.05, 3.63) is 35.9 Å². The Bertz CT molecular complexity index is 388. The highest BCUT2D eigenvalue weighted by Gasteiger charge is 2.26. The molecule has 0 aliphatic carbocycles. The normalized spacial score (nSPS) is 20.7. The number of rotatable bonds is 6. The van der Waals surface area contributed by atoms with Gasteiger partial charge >= 0.3 is 0 Å². The predicted molar refractivity (Wildman–Crippen MR) is 79.2 cm³/mol. The summed E-state index contributed by atoms with van der Waals surface area (Å²) in [7, 11) is 0. The lowest BCUT2D eigenvalue weighted by atomic mass is 9.91. The fourth-order valence-electron chi connectivity index (χ4n) is 2.81. The van der Waals surface area contributed by atoms with Crippen LogP contribution >= 0.6 is 0 Å². The molecule has 2 nitrogen and oxygen atoms in total. The topological polar surface area (TPSA) is 20.3 Å². The molecule has 1 aliphatic rings. The number of Topliss-reactive ketones (excluding diaryl/α,β-unsaturated/α-hetero) is 1. The summed E-state index contributed by atoms with van der Waals surface area (Å²) >= 11 is 0. The van der Waals surface area contributed by atoms with Crippen molar-refractivity contribution < 1.29 is 4.79 Å². The lowest BCUT2D eigenvalue weighted by Gasteiger charge is -2.31. The van der Waals surface area contributed by atoms with Gasteiger partial charge in [0.25, 0.3) is 0 Å². The first-order valence-electron chi connectivity index (χ1n) is 7.58. The first kappa shape index (κ1) is 14.3. The van der Waals surface area contributed by atoms with Gasteiger partial charge in [0, 0.05) is 32.0 Å². The Morgan fingerprint density at radius 1 is 1.26 bits per heavy atom. The minimum absolute atomic E-state index is 0.296. The third-order valence-corrected chi connectivity index (χ3v) is 4.07. The summed E-state index contributed by atoms with van der Waals surface area (Å²) in [5, 5.41) is 0. The maximum Gasteiger partial charge on any atom is 0.138 e. The molecule has 1 aromatic carbocycles. The highest BCUT2D eigenvalue weighted by atomic mass is 16.1. The van der Waals surface area contributed by atoms with Crippen molar-refractivity contribution >= 4 is 5.78 Å². The van der Waals surface area contributed by atoms with E-state index in [2.05, 4.69) is 42.2 Å². The minimum Gasteiger partial charge on any atom is -0.302 e. The van der Waals surface area contributed by atoms with Gasteiger partial charge < -0.3 is 4.90 Å². The Morgan fingerprint density at radius 2 is 2.05 bits per heavy atom. The van der Waals surface area contributed by atoms with Crippen molar-refractivity contribution in [1.82, 2.24) is 4.90 Å². The number of piperidine rings is 1. The van der Waals surface area contributed by atoms with Crippen molar-refractivity contribution in [3.63, 3.8) is 0 Å². The fourth-order valence-corrected chi connectivity index (χ4v) is 2.81. The molecular formula is C17H25NO. The summed E-state index contributed by atoms with van der Waals surface area (Å²) in [5.74, 6) is 0.786. The van der Waals surface area contributed by atoms with E-state index in [9.17, 15) is 4.79 Å². The van der Waals surface area contributed by atoms with Crippen LogP contribution in [-0.2, 0) is 11.2 Å². The highest BCUT2D eigenvalue weighted by molar-refractivity contribution is 5.82. The second-order valence-corrected chi connectivity index (χ2v) is 5.59. The molecule has 0 amide bonds. The Morgan fingerprint density at radius 3 is 2.79 bits per heavy atom. The van der Waals surface area contributed by atoms with Gasteiger partial charge in [-0.1, -0.05) is 50.1 Å². The van der Waals surface area contributed by atoms with Gasteiger partial charge in [-0.3, -0.25) is 4.79 Å². The predicted octanol–water partition coefficient (Wildman–Crippen LogP) is 3.31. The molecule has 0 unspecified atom stereocenters. The van der Waals surface area contributed by atoms with Crippen LogP contribution < -0.4 is 0 Å². The summed E-state index contributed by atoms with van der Waals surface area (Å²) in [5.41, 5.74) is 1.39. The zero-order chi connectivity index (χ0) is 13.5. The fraction of sp³-hybridized carbons (Fsp3) is 0.588. The van der Waals surface area contributed by atoms with Crippen molar-refractivity contribution in [2.24, 2.45) is 5.92 Å². The molecule has 104 valence electrons. The molecule has 1 saturated heterocycles. The van der Waals surface area contributed by atoms with Crippen molar-refractivity contribution in [3.8, 4) is 0 Å². The number of likely N-dealkylation sites (tertiary alicyclic amines) is 1. The number of ketones is 1. The van der Waals surface area contributed by atoms with Crippen LogP contribution in [-0.4, -0.2) is 30.3 Å². The number of carbonyl (C=O) groups excluding carboxylic acids is 1. The maximum atomic E-state index is 11.9. The molecule has 1 aromatic rings. The molecule has 0 radical (unpaired) electrons. The van der Waals surface area contributed by atoms with Crippen molar-refractivity contribution in [2.45, 2.75) is 39.0 Å². The summed E-state index contributed by atoms with van der Waals surface area (Å²) in [6.45, 7) is 5.21. The summed E-state index contributed by atoms with van der Waals surface area (Å²) < 4.78 is 0. The van der Waals surface area contributed by atoms with Gasteiger partial charge in [0.15, 0.2) is 0 Å². The lowest BCUT2D eigenvalue weighted by molar-refractivity contribution is -0.126. The molecule has 0 N–H and O–H groups in total. The van der Waals surface area contributed by atoms with Crippen LogP contribution in [0.2, 0.25) is 0 Å². The Hall–Kier alpha value is -1.15. The molecule has 0 spiro atoms. The molecule has 2 rings (SSSR count). The standard InChI is InChI=1S/C17H25NO/c1-2-3-9-16-14-18(13-11-17(16)19)12-10-15-7-5-4-6-8-15/h4-8,16H,2-3,9-14H2,1H3/t16-/m0/s1. The van der Waals surface area contributed by atoms with Crippen molar-refractivity contribution in [2.75, 3.05) is 19.6 Å². The van der Waals surface area contributed by atoms with Gasteiger partial charge in [0.05, 0.1) is 0 Å². The largest absolute Gasteiger partial charge is 0.302 e. The Labute approximate surface area is 116 Å². The monoisotopic (exact) mass is 259 g/mol.